The van der Waals surface area contributed by atoms with E-state index in [0.29, 0.717) is 4.90 Å². The van der Waals surface area contributed by atoms with Crippen LogP contribution in [0.5, 0.6) is 0 Å². The highest BCUT2D eigenvalue weighted by molar-refractivity contribution is 7.90. The molecule has 0 saturated carbocycles. The van der Waals surface area contributed by atoms with Crippen molar-refractivity contribution >= 4 is 20.9 Å². The molecular formula is C11H14N2O2S. The summed E-state index contributed by atoms with van der Waals surface area (Å²) in [6.07, 6.45) is 2.80. The van der Waals surface area contributed by atoms with Gasteiger partial charge in [0.1, 0.15) is 0 Å². The van der Waals surface area contributed by atoms with Crippen LogP contribution in [0.2, 0.25) is 0 Å². The Morgan fingerprint density at radius 2 is 2.00 bits per heavy atom. The van der Waals surface area contributed by atoms with Crippen LogP contribution in [0.15, 0.2) is 23.4 Å². The summed E-state index contributed by atoms with van der Waals surface area (Å²) in [6.45, 7) is 4.05. The maximum absolute atomic E-state index is 11.5. The van der Waals surface area contributed by atoms with Gasteiger partial charge in [-0.05, 0) is 23.6 Å². The van der Waals surface area contributed by atoms with Crippen LogP contribution in [0.25, 0.3) is 11.0 Å². The summed E-state index contributed by atoms with van der Waals surface area (Å²) in [5.41, 5.74) is 2.58. The summed E-state index contributed by atoms with van der Waals surface area (Å²) < 4.78 is 23.1. The van der Waals surface area contributed by atoms with E-state index in [1.54, 1.807) is 18.5 Å². The van der Waals surface area contributed by atoms with Crippen molar-refractivity contribution in [1.29, 1.82) is 0 Å². The number of aromatic nitrogens is 2. The van der Waals surface area contributed by atoms with E-state index in [2.05, 4.69) is 9.97 Å². The van der Waals surface area contributed by atoms with Gasteiger partial charge >= 0.3 is 0 Å². The lowest BCUT2D eigenvalue weighted by atomic mass is 10.0. The van der Waals surface area contributed by atoms with Crippen molar-refractivity contribution in [2.24, 2.45) is 0 Å². The molecule has 2 aromatic rings. The van der Waals surface area contributed by atoms with Crippen molar-refractivity contribution in [3.63, 3.8) is 0 Å². The lowest BCUT2D eigenvalue weighted by Crippen LogP contribution is -2.00. The van der Waals surface area contributed by atoms with Crippen molar-refractivity contribution in [2.75, 3.05) is 6.26 Å². The Morgan fingerprint density at radius 1 is 1.31 bits per heavy atom. The number of sulfone groups is 1. The third-order valence-electron chi connectivity index (χ3n) is 2.58. The summed E-state index contributed by atoms with van der Waals surface area (Å²) in [4.78, 5) is 7.51. The summed E-state index contributed by atoms with van der Waals surface area (Å²) >= 11 is 0. The molecule has 0 aliphatic heterocycles. The molecule has 0 spiro atoms. The smallest absolute Gasteiger partial charge is 0.175 e. The number of nitrogens with one attached hydrogen (secondary N) is 1. The Hall–Kier alpha value is -1.36. The van der Waals surface area contributed by atoms with Crippen molar-refractivity contribution in [2.45, 2.75) is 24.7 Å². The summed E-state index contributed by atoms with van der Waals surface area (Å²) in [5, 5.41) is 0. The molecule has 0 unspecified atom stereocenters. The number of imidazole rings is 1. The van der Waals surface area contributed by atoms with Crippen molar-refractivity contribution in [1.82, 2.24) is 9.97 Å². The van der Waals surface area contributed by atoms with Crippen LogP contribution >= 0.6 is 0 Å². The van der Waals surface area contributed by atoms with Crippen LogP contribution < -0.4 is 0 Å². The van der Waals surface area contributed by atoms with E-state index in [1.165, 1.54) is 6.26 Å². The fraction of sp³-hybridized carbons (Fsp3) is 0.364. The summed E-state index contributed by atoms with van der Waals surface area (Å²) in [7, 11) is -3.18. The molecule has 0 bridgehead atoms. The fourth-order valence-corrected chi connectivity index (χ4v) is 2.38. The first kappa shape index (κ1) is 11.1. The number of aromatic amines is 1. The van der Waals surface area contributed by atoms with Crippen molar-refractivity contribution < 1.29 is 8.42 Å². The zero-order chi connectivity index (χ0) is 11.9. The largest absolute Gasteiger partial charge is 0.345 e. The maximum Gasteiger partial charge on any atom is 0.175 e. The van der Waals surface area contributed by atoms with E-state index in [0.717, 1.165) is 16.6 Å². The van der Waals surface area contributed by atoms with Gasteiger partial charge in [0.2, 0.25) is 0 Å². The van der Waals surface area contributed by atoms with Gasteiger partial charge in [-0.1, -0.05) is 13.8 Å². The number of H-pyrrole nitrogens is 1. The molecule has 1 aromatic carbocycles. The van der Waals surface area contributed by atoms with Crippen LogP contribution in [-0.4, -0.2) is 24.6 Å². The molecule has 0 aliphatic rings. The summed E-state index contributed by atoms with van der Waals surface area (Å²) in [5.74, 6) is 0.243. The molecule has 5 heteroatoms. The Balaban J connectivity index is 2.82. The first-order valence-electron chi connectivity index (χ1n) is 5.06. The minimum absolute atomic E-state index is 0.243. The second-order valence-corrected chi connectivity index (χ2v) is 6.25. The zero-order valence-corrected chi connectivity index (χ0v) is 10.3. The molecule has 1 heterocycles. The van der Waals surface area contributed by atoms with Gasteiger partial charge in [-0.25, -0.2) is 13.4 Å². The first-order valence-corrected chi connectivity index (χ1v) is 6.96. The Morgan fingerprint density at radius 3 is 2.56 bits per heavy atom. The monoisotopic (exact) mass is 238 g/mol. The van der Waals surface area contributed by atoms with E-state index in [9.17, 15) is 8.42 Å². The third kappa shape index (κ3) is 1.82. The first-order chi connectivity index (χ1) is 7.39. The van der Waals surface area contributed by atoms with E-state index in [-0.39, 0.29) is 5.92 Å². The molecule has 0 radical (unpaired) electrons. The molecule has 86 valence electrons. The average Bonchev–Trinajstić information content (AvgIpc) is 2.61. The zero-order valence-electron chi connectivity index (χ0n) is 9.48. The minimum Gasteiger partial charge on any atom is -0.345 e. The maximum atomic E-state index is 11.5. The lowest BCUT2D eigenvalue weighted by molar-refractivity contribution is 0.602. The number of benzene rings is 1. The van der Waals surface area contributed by atoms with Gasteiger partial charge in [0, 0.05) is 6.26 Å². The quantitative estimate of drug-likeness (QED) is 0.871. The Kier molecular flexibility index (Phi) is 2.50. The van der Waals surface area contributed by atoms with Crippen LogP contribution in [0.1, 0.15) is 25.3 Å². The summed E-state index contributed by atoms with van der Waals surface area (Å²) in [6, 6.07) is 3.34. The second kappa shape index (κ2) is 3.59. The number of hydrogen-bond acceptors (Lipinski definition) is 3. The second-order valence-electron chi connectivity index (χ2n) is 4.24. The van der Waals surface area contributed by atoms with E-state index in [4.69, 9.17) is 0 Å². The Bertz CT molecular complexity index is 626. The van der Waals surface area contributed by atoms with E-state index in [1.807, 2.05) is 13.8 Å². The Labute approximate surface area is 94.6 Å². The molecule has 0 fully saturated rings. The highest BCUT2D eigenvalue weighted by atomic mass is 32.2. The molecule has 16 heavy (non-hydrogen) atoms. The van der Waals surface area contributed by atoms with Gasteiger partial charge in [-0.3, -0.25) is 0 Å². The van der Waals surface area contributed by atoms with Gasteiger partial charge in [0.05, 0.1) is 22.3 Å². The van der Waals surface area contributed by atoms with Gasteiger partial charge in [-0.15, -0.1) is 0 Å². The predicted octanol–water partition coefficient (Wildman–Crippen LogP) is 2.09. The SMILES string of the molecule is CC(C)c1cc(S(C)(=O)=O)cc2[nH]cnc12. The molecule has 0 saturated heterocycles. The molecule has 0 aliphatic carbocycles. The number of rotatable bonds is 2. The number of hydrogen-bond donors (Lipinski definition) is 1. The van der Waals surface area contributed by atoms with Crippen LogP contribution in [-0.2, 0) is 9.84 Å². The fourth-order valence-electron chi connectivity index (χ4n) is 1.70. The van der Waals surface area contributed by atoms with E-state index >= 15 is 0 Å². The van der Waals surface area contributed by atoms with Gasteiger partial charge in [0.15, 0.2) is 9.84 Å². The molecule has 1 N–H and O–H groups in total. The van der Waals surface area contributed by atoms with Crippen LogP contribution in [0, 0.1) is 0 Å². The molecule has 2 rings (SSSR count). The van der Waals surface area contributed by atoms with Crippen LogP contribution in [0.4, 0.5) is 0 Å². The highest BCUT2D eigenvalue weighted by Crippen LogP contribution is 2.26. The van der Waals surface area contributed by atoms with Gasteiger partial charge < -0.3 is 4.98 Å². The number of fused-ring (bicyclic) bond motifs is 1. The van der Waals surface area contributed by atoms with Crippen LogP contribution in [0.3, 0.4) is 0 Å². The normalized spacial score (nSPS) is 12.5. The highest BCUT2D eigenvalue weighted by Gasteiger charge is 2.14. The lowest BCUT2D eigenvalue weighted by Gasteiger charge is -2.08. The topological polar surface area (TPSA) is 62.8 Å². The third-order valence-corrected chi connectivity index (χ3v) is 3.67. The standard InChI is InChI=1S/C11H14N2O2S/c1-7(2)9-4-8(16(3,14)15)5-10-11(9)13-6-12-10/h4-7H,1-3H3,(H,12,13). The molecular weight excluding hydrogens is 224 g/mol. The predicted molar refractivity (Wildman–Crippen MR) is 63.3 cm³/mol. The average molecular weight is 238 g/mol. The molecule has 4 nitrogen and oxygen atoms in total. The molecule has 1 aromatic heterocycles. The van der Waals surface area contributed by atoms with Gasteiger partial charge in [0.25, 0.3) is 0 Å². The molecule has 0 atom stereocenters. The van der Waals surface area contributed by atoms with Crippen molar-refractivity contribution in [3.05, 3.63) is 24.0 Å². The van der Waals surface area contributed by atoms with Crippen molar-refractivity contribution in [3.8, 4) is 0 Å². The molecule has 0 amide bonds. The minimum atomic E-state index is -3.18. The number of nitrogens with zero attached hydrogens (tertiary/aromatic N) is 1. The van der Waals surface area contributed by atoms with E-state index < -0.39 is 9.84 Å². The van der Waals surface area contributed by atoms with Gasteiger partial charge in [-0.2, -0.15) is 0 Å².